The first-order valence-electron chi connectivity index (χ1n) is 9.98. The number of rotatable bonds is 5. The van der Waals surface area contributed by atoms with Crippen LogP contribution in [0.4, 0.5) is 14.9 Å². The van der Waals surface area contributed by atoms with Crippen LogP contribution in [0.15, 0.2) is 36.4 Å². The summed E-state index contributed by atoms with van der Waals surface area (Å²) < 4.78 is 20.1. The molecule has 3 rings (SSSR count). The summed E-state index contributed by atoms with van der Waals surface area (Å²) in [7, 11) is -1.84. The summed E-state index contributed by atoms with van der Waals surface area (Å²) in [6.45, 7) is 8.73. The molecule has 2 aromatic carbocycles. The molecule has 1 atom stereocenters. The van der Waals surface area contributed by atoms with Crippen LogP contribution in [-0.4, -0.2) is 43.2 Å². The van der Waals surface area contributed by atoms with Crippen molar-refractivity contribution in [3.63, 3.8) is 0 Å². The molecular formula is C22H27FN2O4Si. The summed E-state index contributed by atoms with van der Waals surface area (Å²) in [5, 5.41) is 13.0. The van der Waals surface area contributed by atoms with Crippen molar-refractivity contribution in [1.82, 2.24) is 4.90 Å². The number of nitrogens with zero attached hydrogens (tertiary/aromatic N) is 1. The molecule has 0 aromatic heterocycles. The Kier molecular flexibility index (Phi) is 6.16. The molecule has 0 spiro atoms. The molecule has 0 unspecified atom stereocenters. The fraction of sp³-hybridized carbons (Fsp3) is 0.364. The molecule has 1 aliphatic rings. The molecule has 1 heterocycles. The van der Waals surface area contributed by atoms with E-state index in [0.717, 1.165) is 10.5 Å². The second kappa shape index (κ2) is 8.47. The van der Waals surface area contributed by atoms with E-state index in [9.17, 15) is 19.1 Å². The van der Waals surface area contributed by atoms with Gasteiger partial charge in [0.2, 0.25) is 0 Å². The molecule has 6 nitrogen and oxygen atoms in total. The van der Waals surface area contributed by atoms with Gasteiger partial charge in [-0.25, -0.2) is 9.18 Å². The third-order valence-electron chi connectivity index (χ3n) is 5.19. The van der Waals surface area contributed by atoms with Gasteiger partial charge in [-0.1, -0.05) is 31.8 Å². The lowest BCUT2D eigenvalue weighted by Gasteiger charge is -2.34. The summed E-state index contributed by atoms with van der Waals surface area (Å²) in [6.07, 6.45) is -0.679. The van der Waals surface area contributed by atoms with E-state index >= 15 is 0 Å². The number of carboxylic acid groups (broad SMARTS) is 1. The fourth-order valence-electron chi connectivity index (χ4n) is 3.76. The standard InChI is InChI=1S/C22H27FN2O4Si/c1-5-29-16-7-8-17-14(12-16)10-11-25(22(27)28)20(17)21(26)24-15-6-9-19(18(23)13-15)30(2,3)4/h6-9,12-13,20H,5,10-11H2,1-4H3,(H,24,26)(H,27,28)/t20-/m0/s1. The van der Waals surface area contributed by atoms with E-state index in [1.54, 1.807) is 24.3 Å². The van der Waals surface area contributed by atoms with E-state index in [4.69, 9.17) is 4.74 Å². The largest absolute Gasteiger partial charge is 0.494 e. The predicted molar refractivity (Wildman–Crippen MR) is 117 cm³/mol. The zero-order valence-electron chi connectivity index (χ0n) is 17.7. The van der Waals surface area contributed by atoms with Crippen molar-refractivity contribution in [3.8, 4) is 5.75 Å². The van der Waals surface area contributed by atoms with E-state index in [2.05, 4.69) is 5.32 Å². The van der Waals surface area contributed by atoms with Crippen LogP contribution in [0.3, 0.4) is 0 Å². The Bertz CT molecular complexity index is 974. The second-order valence-electron chi connectivity index (χ2n) is 8.36. The third-order valence-corrected chi connectivity index (χ3v) is 7.21. The number of amides is 2. The highest BCUT2D eigenvalue weighted by atomic mass is 28.3. The highest BCUT2D eigenvalue weighted by molar-refractivity contribution is 6.88. The first-order chi connectivity index (χ1) is 14.1. The highest BCUT2D eigenvalue weighted by Crippen LogP contribution is 2.33. The normalized spacial score (nSPS) is 16.0. The number of carbonyl (C=O) groups excluding carboxylic acids is 1. The third kappa shape index (κ3) is 4.48. The Labute approximate surface area is 176 Å². The quantitative estimate of drug-likeness (QED) is 0.703. The van der Waals surface area contributed by atoms with Crippen LogP contribution in [0, 0.1) is 5.82 Å². The van der Waals surface area contributed by atoms with Gasteiger partial charge < -0.3 is 15.2 Å². The number of fused-ring (bicyclic) bond motifs is 1. The van der Waals surface area contributed by atoms with Crippen molar-refractivity contribution < 1.29 is 23.8 Å². The van der Waals surface area contributed by atoms with Gasteiger partial charge in [-0.15, -0.1) is 0 Å². The lowest BCUT2D eigenvalue weighted by Crippen LogP contribution is -2.45. The van der Waals surface area contributed by atoms with Gasteiger partial charge in [0.1, 0.15) is 17.6 Å². The number of carbonyl (C=O) groups is 2. The van der Waals surface area contributed by atoms with Crippen LogP contribution < -0.4 is 15.2 Å². The minimum Gasteiger partial charge on any atom is -0.494 e. The molecule has 2 amide bonds. The summed E-state index contributed by atoms with van der Waals surface area (Å²) >= 11 is 0. The Morgan fingerprint density at radius 2 is 1.97 bits per heavy atom. The monoisotopic (exact) mass is 430 g/mol. The smallest absolute Gasteiger partial charge is 0.408 e. The lowest BCUT2D eigenvalue weighted by molar-refractivity contribution is -0.121. The molecule has 0 radical (unpaired) electrons. The molecule has 2 aromatic rings. The molecule has 160 valence electrons. The van der Waals surface area contributed by atoms with Gasteiger partial charge in [-0.2, -0.15) is 0 Å². The SMILES string of the molecule is CCOc1ccc2c(c1)CCN(C(=O)O)[C@@H]2C(=O)Nc1ccc([Si](C)(C)C)c(F)c1. The fourth-order valence-corrected chi connectivity index (χ4v) is 5.13. The van der Waals surface area contributed by atoms with Crippen LogP contribution in [0.25, 0.3) is 0 Å². The summed E-state index contributed by atoms with van der Waals surface area (Å²) in [5.74, 6) is -0.182. The van der Waals surface area contributed by atoms with Gasteiger partial charge in [0.05, 0.1) is 14.7 Å². The number of benzene rings is 2. The van der Waals surface area contributed by atoms with Crippen molar-refractivity contribution in [3.05, 3.63) is 53.3 Å². The maximum Gasteiger partial charge on any atom is 0.408 e. The Hall–Kier alpha value is -2.87. The Balaban J connectivity index is 1.91. The Morgan fingerprint density at radius 3 is 2.57 bits per heavy atom. The van der Waals surface area contributed by atoms with Crippen molar-refractivity contribution >= 4 is 30.9 Å². The molecule has 0 aliphatic carbocycles. The Morgan fingerprint density at radius 1 is 1.23 bits per heavy atom. The van der Waals surface area contributed by atoms with Crippen LogP contribution in [0.2, 0.25) is 19.6 Å². The van der Waals surface area contributed by atoms with Gasteiger partial charge in [0, 0.05) is 12.2 Å². The maximum absolute atomic E-state index is 14.6. The van der Waals surface area contributed by atoms with Gasteiger partial charge in [-0.3, -0.25) is 9.69 Å². The second-order valence-corrected chi connectivity index (χ2v) is 13.4. The van der Waals surface area contributed by atoms with Crippen molar-refractivity contribution in [2.75, 3.05) is 18.5 Å². The van der Waals surface area contributed by atoms with E-state index in [0.29, 0.717) is 35.2 Å². The van der Waals surface area contributed by atoms with E-state index in [-0.39, 0.29) is 12.4 Å². The molecule has 1 aliphatic heterocycles. The topological polar surface area (TPSA) is 78.9 Å². The number of ether oxygens (including phenoxy) is 1. The van der Waals surface area contributed by atoms with Crippen molar-refractivity contribution in [1.29, 1.82) is 0 Å². The van der Waals surface area contributed by atoms with Crippen molar-refractivity contribution in [2.45, 2.75) is 39.0 Å². The van der Waals surface area contributed by atoms with Crippen molar-refractivity contribution in [2.24, 2.45) is 0 Å². The molecular weight excluding hydrogens is 403 g/mol. The number of halogens is 1. The van der Waals surface area contributed by atoms with E-state index < -0.39 is 26.1 Å². The van der Waals surface area contributed by atoms with Gasteiger partial charge in [-0.05, 0) is 53.9 Å². The van der Waals surface area contributed by atoms with E-state index in [1.165, 1.54) is 6.07 Å². The summed E-state index contributed by atoms with van der Waals surface area (Å²) in [5.41, 5.74) is 1.80. The minimum atomic E-state index is -1.84. The minimum absolute atomic E-state index is 0.193. The average Bonchev–Trinajstić information content (AvgIpc) is 2.66. The first kappa shape index (κ1) is 21.8. The van der Waals surface area contributed by atoms with Crippen LogP contribution in [0.5, 0.6) is 5.75 Å². The summed E-state index contributed by atoms with van der Waals surface area (Å²) in [4.78, 5) is 26.0. The molecule has 0 saturated heterocycles. The average molecular weight is 431 g/mol. The maximum atomic E-state index is 14.6. The van der Waals surface area contributed by atoms with Gasteiger partial charge in [0.15, 0.2) is 0 Å². The number of nitrogens with one attached hydrogen (secondary N) is 1. The highest BCUT2D eigenvalue weighted by Gasteiger charge is 2.36. The van der Waals surface area contributed by atoms with Crippen LogP contribution in [-0.2, 0) is 11.2 Å². The molecule has 0 bridgehead atoms. The van der Waals surface area contributed by atoms with Gasteiger partial charge in [0.25, 0.3) is 5.91 Å². The van der Waals surface area contributed by atoms with Crippen LogP contribution in [0.1, 0.15) is 24.1 Å². The molecule has 2 N–H and O–H groups in total. The summed E-state index contributed by atoms with van der Waals surface area (Å²) in [6, 6.07) is 8.97. The number of anilines is 1. The number of hydrogen-bond donors (Lipinski definition) is 2. The molecule has 0 saturated carbocycles. The van der Waals surface area contributed by atoms with E-state index in [1.807, 2.05) is 32.6 Å². The zero-order valence-corrected chi connectivity index (χ0v) is 18.7. The van der Waals surface area contributed by atoms with Gasteiger partial charge >= 0.3 is 6.09 Å². The lowest BCUT2D eigenvalue weighted by atomic mass is 9.92. The first-order valence-corrected chi connectivity index (χ1v) is 13.5. The predicted octanol–water partition coefficient (Wildman–Crippen LogP) is 3.99. The molecule has 30 heavy (non-hydrogen) atoms. The number of hydrogen-bond acceptors (Lipinski definition) is 3. The molecule has 0 fully saturated rings. The molecule has 8 heteroatoms. The van der Waals surface area contributed by atoms with Crippen LogP contribution >= 0.6 is 0 Å². The zero-order chi connectivity index (χ0) is 22.1.